The normalized spacial score (nSPS) is 18.8. The van der Waals surface area contributed by atoms with E-state index in [4.69, 9.17) is 9.47 Å². The number of aryl methyl sites for hydroxylation is 1. The molecule has 2 aromatic rings. The fourth-order valence-corrected chi connectivity index (χ4v) is 2.72. The second-order valence-electron chi connectivity index (χ2n) is 5.67. The molecule has 0 radical (unpaired) electrons. The number of imidazole rings is 1. The highest BCUT2D eigenvalue weighted by Gasteiger charge is 2.27. The molecule has 128 valence electrons. The first kappa shape index (κ1) is 16.5. The number of rotatable bonds is 5. The van der Waals surface area contributed by atoms with Gasteiger partial charge in [-0.15, -0.1) is 0 Å². The molecule has 1 aliphatic rings. The van der Waals surface area contributed by atoms with Gasteiger partial charge < -0.3 is 24.7 Å². The molecule has 0 spiro atoms. The Balaban J connectivity index is 1.84. The minimum absolute atomic E-state index is 0.147. The van der Waals surface area contributed by atoms with Gasteiger partial charge in [0.05, 0.1) is 13.7 Å². The largest absolute Gasteiger partial charge is 0.497 e. The molecule has 1 aliphatic heterocycles. The van der Waals surface area contributed by atoms with E-state index in [2.05, 4.69) is 15.6 Å². The highest BCUT2D eigenvalue weighted by Crippen LogP contribution is 2.23. The second-order valence-corrected chi connectivity index (χ2v) is 5.67. The van der Waals surface area contributed by atoms with Crippen LogP contribution in [0.4, 0.5) is 0 Å². The second kappa shape index (κ2) is 7.46. The summed E-state index contributed by atoms with van der Waals surface area (Å²) in [5, 5.41) is 6.22. The Morgan fingerprint density at radius 2 is 2.25 bits per heavy atom. The lowest BCUT2D eigenvalue weighted by atomic mass is 10.1. The minimum atomic E-state index is -0.486. The van der Waals surface area contributed by atoms with Crippen molar-refractivity contribution in [2.75, 3.05) is 26.8 Å². The molecule has 0 saturated carbocycles. The lowest BCUT2D eigenvalue weighted by Crippen LogP contribution is -2.49. The fourth-order valence-electron chi connectivity index (χ4n) is 2.72. The fraction of sp³-hybridized carbons (Fsp3) is 0.412. The van der Waals surface area contributed by atoms with E-state index in [0.29, 0.717) is 13.2 Å². The predicted octanol–water partition coefficient (Wildman–Crippen LogP) is 0.623. The van der Waals surface area contributed by atoms with Crippen LogP contribution in [-0.2, 0) is 16.6 Å². The molecular formula is C17H22N4O3. The maximum absolute atomic E-state index is 12.6. The zero-order chi connectivity index (χ0) is 16.9. The summed E-state index contributed by atoms with van der Waals surface area (Å²) in [5.41, 5.74) is 0.933. The lowest BCUT2D eigenvalue weighted by molar-refractivity contribution is -0.134. The third-order valence-electron chi connectivity index (χ3n) is 4.07. The summed E-state index contributed by atoms with van der Waals surface area (Å²) in [5.74, 6) is 1.38. The average Bonchev–Trinajstić information content (AvgIpc) is 3.06. The van der Waals surface area contributed by atoms with E-state index in [0.717, 1.165) is 23.7 Å². The number of morpholine rings is 1. The van der Waals surface area contributed by atoms with Crippen molar-refractivity contribution in [3.05, 3.63) is 48.0 Å². The molecule has 1 aromatic heterocycles. The zero-order valence-electron chi connectivity index (χ0n) is 13.9. The standard InChI is InChI=1S/C17H22N4O3/c1-21-9-7-19-16(21)15(12-3-5-13(23-2)6-4-12)20-17(22)14-11-18-8-10-24-14/h3-7,9,14-15,18H,8,10-11H2,1-2H3,(H,20,22)/t14-,15-/m0/s1. The molecule has 1 saturated heterocycles. The molecule has 0 bridgehead atoms. The van der Waals surface area contributed by atoms with Crippen molar-refractivity contribution >= 4 is 5.91 Å². The molecule has 2 atom stereocenters. The number of hydrogen-bond acceptors (Lipinski definition) is 5. The molecule has 0 unspecified atom stereocenters. The Morgan fingerprint density at radius 3 is 2.83 bits per heavy atom. The van der Waals surface area contributed by atoms with Gasteiger partial charge in [0.25, 0.3) is 5.91 Å². The highest BCUT2D eigenvalue weighted by atomic mass is 16.5. The van der Waals surface area contributed by atoms with Crippen LogP contribution in [0, 0.1) is 0 Å². The topological polar surface area (TPSA) is 77.4 Å². The first-order chi connectivity index (χ1) is 11.7. The van der Waals surface area contributed by atoms with Gasteiger partial charge in [-0.05, 0) is 17.7 Å². The molecule has 7 heteroatoms. The average molecular weight is 330 g/mol. The summed E-state index contributed by atoms with van der Waals surface area (Å²) in [6.45, 7) is 1.82. The molecule has 1 aromatic carbocycles. The Morgan fingerprint density at radius 1 is 1.46 bits per heavy atom. The van der Waals surface area contributed by atoms with Gasteiger partial charge in [0.15, 0.2) is 0 Å². The van der Waals surface area contributed by atoms with Crippen LogP contribution in [0.15, 0.2) is 36.7 Å². The van der Waals surface area contributed by atoms with Crippen LogP contribution in [0.2, 0.25) is 0 Å². The number of nitrogens with zero attached hydrogens (tertiary/aromatic N) is 2. The molecule has 2 heterocycles. The smallest absolute Gasteiger partial charge is 0.251 e. The molecular weight excluding hydrogens is 308 g/mol. The van der Waals surface area contributed by atoms with Crippen molar-refractivity contribution in [2.45, 2.75) is 12.1 Å². The van der Waals surface area contributed by atoms with Crippen molar-refractivity contribution in [2.24, 2.45) is 7.05 Å². The van der Waals surface area contributed by atoms with Gasteiger partial charge in [0.1, 0.15) is 23.7 Å². The van der Waals surface area contributed by atoms with Crippen molar-refractivity contribution in [1.82, 2.24) is 20.2 Å². The van der Waals surface area contributed by atoms with Crippen molar-refractivity contribution in [3.63, 3.8) is 0 Å². The number of amides is 1. The molecule has 7 nitrogen and oxygen atoms in total. The number of ether oxygens (including phenoxy) is 2. The number of nitrogens with one attached hydrogen (secondary N) is 2. The van der Waals surface area contributed by atoms with E-state index in [9.17, 15) is 4.79 Å². The van der Waals surface area contributed by atoms with Crippen molar-refractivity contribution < 1.29 is 14.3 Å². The summed E-state index contributed by atoms with van der Waals surface area (Å²) in [7, 11) is 3.53. The molecule has 3 rings (SSSR count). The molecule has 1 amide bonds. The van der Waals surface area contributed by atoms with Gasteiger partial charge in [0, 0.05) is 32.5 Å². The number of carbonyl (C=O) groups excluding carboxylic acids is 1. The van der Waals surface area contributed by atoms with Crippen LogP contribution in [0.25, 0.3) is 0 Å². The van der Waals surface area contributed by atoms with Crippen LogP contribution in [0.5, 0.6) is 5.75 Å². The van der Waals surface area contributed by atoms with E-state index in [1.54, 1.807) is 13.3 Å². The van der Waals surface area contributed by atoms with E-state index in [-0.39, 0.29) is 11.9 Å². The van der Waals surface area contributed by atoms with Crippen molar-refractivity contribution in [3.8, 4) is 5.75 Å². The molecule has 0 aliphatic carbocycles. The minimum Gasteiger partial charge on any atom is -0.497 e. The SMILES string of the molecule is COc1ccc([C@H](NC(=O)[C@@H]2CNCCO2)c2nccn2C)cc1. The predicted molar refractivity (Wildman–Crippen MR) is 88.8 cm³/mol. The van der Waals surface area contributed by atoms with E-state index < -0.39 is 6.10 Å². The Hall–Kier alpha value is -2.38. The first-order valence-corrected chi connectivity index (χ1v) is 7.93. The summed E-state index contributed by atoms with van der Waals surface area (Å²) >= 11 is 0. The quantitative estimate of drug-likeness (QED) is 0.840. The summed E-state index contributed by atoms with van der Waals surface area (Å²) in [4.78, 5) is 17.0. The van der Waals surface area contributed by atoms with E-state index >= 15 is 0 Å². The van der Waals surface area contributed by atoms with Gasteiger partial charge in [-0.1, -0.05) is 12.1 Å². The lowest BCUT2D eigenvalue weighted by Gasteiger charge is -2.26. The highest BCUT2D eigenvalue weighted by molar-refractivity contribution is 5.82. The summed E-state index contributed by atoms with van der Waals surface area (Å²) in [6, 6.07) is 7.25. The number of hydrogen-bond donors (Lipinski definition) is 2. The van der Waals surface area contributed by atoms with Crippen LogP contribution >= 0.6 is 0 Å². The summed E-state index contributed by atoms with van der Waals surface area (Å²) in [6.07, 6.45) is 3.09. The Labute approximate surface area is 141 Å². The van der Waals surface area contributed by atoms with Gasteiger partial charge in [-0.2, -0.15) is 0 Å². The number of benzene rings is 1. The van der Waals surface area contributed by atoms with Gasteiger partial charge in [-0.25, -0.2) is 4.98 Å². The van der Waals surface area contributed by atoms with E-state index in [1.165, 1.54) is 0 Å². The number of carbonyl (C=O) groups is 1. The van der Waals surface area contributed by atoms with Crippen molar-refractivity contribution in [1.29, 1.82) is 0 Å². The number of aromatic nitrogens is 2. The van der Waals surface area contributed by atoms with Gasteiger partial charge >= 0.3 is 0 Å². The maximum Gasteiger partial charge on any atom is 0.251 e. The van der Waals surface area contributed by atoms with Crippen LogP contribution in [0.1, 0.15) is 17.4 Å². The maximum atomic E-state index is 12.6. The van der Waals surface area contributed by atoms with Crippen LogP contribution in [0.3, 0.4) is 0 Å². The first-order valence-electron chi connectivity index (χ1n) is 7.93. The van der Waals surface area contributed by atoms with Crippen LogP contribution < -0.4 is 15.4 Å². The summed E-state index contributed by atoms with van der Waals surface area (Å²) < 4.78 is 12.6. The van der Waals surface area contributed by atoms with Gasteiger partial charge in [0.2, 0.25) is 0 Å². The van der Waals surface area contributed by atoms with Crippen LogP contribution in [-0.4, -0.2) is 48.4 Å². The molecule has 2 N–H and O–H groups in total. The van der Waals surface area contributed by atoms with E-state index in [1.807, 2.05) is 42.1 Å². The monoisotopic (exact) mass is 330 g/mol. The molecule has 24 heavy (non-hydrogen) atoms. The Kier molecular flexibility index (Phi) is 5.12. The Bertz CT molecular complexity index is 677. The zero-order valence-corrected chi connectivity index (χ0v) is 13.9. The van der Waals surface area contributed by atoms with Gasteiger partial charge in [-0.3, -0.25) is 4.79 Å². The molecule has 1 fully saturated rings. The number of methoxy groups -OCH3 is 1. The third kappa shape index (κ3) is 3.58. The third-order valence-corrected chi connectivity index (χ3v) is 4.07.